The van der Waals surface area contributed by atoms with Gasteiger partial charge in [-0.1, -0.05) is 41.9 Å². The normalized spacial score (nSPS) is 17.5. The largest absolute Gasteiger partial charge is 0.494 e. The number of nitrogens with one attached hydrogen (secondary N) is 1. The van der Waals surface area contributed by atoms with Gasteiger partial charge in [0, 0.05) is 25.7 Å². The van der Waals surface area contributed by atoms with Gasteiger partial charge in [-0.3, -0.25) is 9.69 Å². The maximum atomic E-state index is 12.5. The van der Waals surface area contributed by atoms with Gasteiger partial charge in [0.2, 0.25) is 5.91 Å². The van der Waals surface area contributed by atoms with Crippen LogP contribution in [0.15, 0.2) is 42.5 Å². The highest BCUT2D eigenvalue weighted by atomic mass is 35.5. The number of ether oxygens (including phenoxy) is 2. The zero-order chi connectivity index (χ0) is 19.2. The predicted octanol–water partition coefficient (Wildman–Crippen LogP) is 3.16. The number of hydrogen-bond acceptors (Lipinski definition) is 5. The number of morpholine rings is 1. The molecule has 1 atom stereocenters. The van der Waals surface area contributed by atoms with Crippen molar-refractivity contribution in [1.82, 2.24) is 4.90 Å². The van der Waals surface area contributed by atoms with Crippen molar-refractivity contribution in [3.8, 4) is 5.75 Å². The molecule has 3 N–H and O–H groups in total. The van der Waals surface area contributed by atoms with Gasteiger partial charge in [-0.2, -0.15) is 0 Å². The molecule has 0 bridgehead atoms. The van der Waals surface area contributed by atoms with Crippen LogP contribution >= 0.6 is 11.6 Å². The molecule has 2 aromatic carbocycles. The number of anilines is 2. The molecule has 1 unspecified atom stereocenters. The number of halogens is 1. The van der Waals surface area contributed by atoms with E-state index in [1.54, 1.807) is 12.1 Å². The second-order valence-electron chi connectivity index (χ2n) is 6.54. The Kier molecular flexibility index (Phi) is 6.55. The summed E-state index contributed by atoms with van der Waals surface area (Å²) >= 11 is 6.05. The van der Waals surface area contributed by atoms with Gasteiger partial charge >= 0.3 is 0 Å². The van der Waals surface area contributed by atoms with E-state index in [1.807, 2.05) is 18.2 Å². The molecular formula is C20H24ClN3O3. The first kappa shape index (κ1) is 19.5. The van der Waals surface area contributed by atoms with Crippen LogP contribution in [-0.4, -0.2) is 43.7 Å². The summed E-state index contributed by atoms with van der Waals surface area (Å²) in [6.45, 7) is 3.03. The Hall–Kier alpha value is -2.28. The zero-order valence-electron chi connectivity index (χ0n) is 15.3. The number of hydrogen-bond donors (Lipinski definition) is 2. The Balaban J connectivity index is 1.57. The highest BCUT2D eigenvalue weighted by molar-refractivity contribution is 6.33. The minimum Gasteiger partial charge on any atom is -0.494 e. The Morgan fingerprint density at radius 3 is 2.89 bits per heavy atom. The van der Waals surface area contributed by atoms with Crippen molar-refractivity contribution in [2.24, 2.45) is 0 Å². The lowest BCUT2D eigenvalue weighted by molar-refractivity contribution is -0.121. The molecule has 0 radical (unpaired) electrons. The van der Waals surface area contributed by atoms with Crippen LogP contribution in [0.3, 0.4) is 0 Å². The number of amides is 1. The number of benzene rings is 2. The fourth-order valence-corrected chi connectivity index (χ4v) is 3.30. The minimum atomic E-state index is -0.155. The minimum absolute atomic E-state index is 0.152. The highest BCUT2D eigenvalue weighted by Crippen LogP contribution is 2.33. The van der Waals surface area contributed by atoms with Gasteiger partial charge in [0.05, 0.1) is 42.6 Å². The molecule has 27 heavy (non-hydrogen) atoms. The van der Waals surface area contributed by atoms with Crippen molar-refractivity contribution in [2.75, 3.05) is 37.9 Å². The second kappa shape index (κ2) is 9.08. The number of nitrogens with zero attached hydrogens (tertiary/aromatic N) is 1. The third-order valence-corrected chi connectivity index (χ3v) is 4.81. The van der Waals surface area contributed by atoms with E-state index in [0.29, 0.717) is 35.3 Å². The molecule has 1 fully saturated rings. The van der Waals surface area contributed by atoms with Gasteiger partial charge in [0.1, 0.15) is 5.75 Å². The smallest absolute Gasteiger partial charge is 0.227 e. The van der Waals surface area contributed by atoms with Crippen molar-refractivity contribution >= 4 is 28.9 Å². The van der Waals surface area contributed by atoms with Crippen molar-refractivity contribution in [2.45, 2.75) is 19.1 Å². The van der Waals surface area contributed by atoms with Crippen LogP contribution in [-0.2, 0) is 16.1 Å². The van der Waals surface area contributed by atoms with Crippen LogP contribution < -0.4 is 15.8 Å². The molecule has 2 aromatic rings. The van der Waals surface area contributed by atoms with Crippen LogP contribution in [0, 0.1) is 0 Å². The van der Waals surface area contributed by atoms with Crippen molar-refractivity contribution in [3.63, 3.8) is 0 Å². The fraction of sp³-hybridized carbons (Fsp3) is 0.350. The van der Waals surface area contributed by atoms with Crippen LogP contribution in [0.1, 0.15) is 12.0 Å². The number of carbonyl (C=O) groups excluding carboxylic acids is 1. The lowest BCUT2D eigenvalue weighted by Gasteiger charge is -2.32. The number of nitrogens with two attached hydrogens (primary N) is 1. The van der Waals surface area contributed by atoms with E-state index in [4.69, 9.17) is 26.8 Å². The summed E-state index contributed by atoms with van der Waals surface area (Å²) in [6, 6.07) is 13.5. The first-order valence-electron chi connectivity index (χ1n) is 8.86. The quantitative estimate of drug-likeness (QED) is 0.742. The van der Waals surface area contributed by atoms with Gasteiger partial charge in [0.15, 0.2) is 0 Å². The summed E-state index contributed by atoms with van der Waals surface area (Å²) in [6.07, 6.45) is 0.105. The number of rotatable bonds is 6. The predicted molar refractivity (Wildman–Crippen MR) is 107 cm³/mol. The Bertz CT molecular complexity index is 786. The molecule has 1 aliphatic heterocycles. The maximum absolute atomic E-state index is 12.5. The van der Waals surface area contributed by atoms with Crippen LogP contribution in [0.25, 0.3) is 0 Å². The van der Waals surface area contributed by atoms with Crippen molar-refractivity contribution < 1.29 is 14.3 Å². The molecule has 1 amide bonds. The standard InChI is InChI=1S/C20H24ClN3O3/c1-26-19-11-17(22)16(21)10-18(19)23-20(25)9-15-13-24(7-8-27-15)12-14-5-3-2-4-6-14/h2-6,10-11,15H,7-9,12-13,22H2,1H3,(H,23,25). The second-order valence-corrected chi connectivity index (χ2v) is 6.95. The molecule has 0 aromatic heterocycles. The van der Waals surface area contributed by atoms with E-state index in [9.17, 15) is 4.79 Å². The average Bonchev–Trinajstić information content (AvgIpc) is 2.65. The molecule has 1 aliphatic rings. The van der Waals surface area contributed by atoms with E-state index >= 15 is 0 Å². The topological polar surface area (TPSA) is 76.8 Å². The summed E-state index contributed by atoms with van der Waals surface area (Å²) in [4.78, 5) is 14.8. The SMILES string of the molecule is COc1cc(N)c(Cl)cc1NC(=O)CC1CN(Cc2ccccc2)CCO1. The number of carbonyl (C=O) groups is 1. The molecule has 144 valence electrons. The van der Waals surface area contributed by atoms with E-state index in [-0.39, 0.29) is 18.4 Å². The van der Waals surface area contributed by atoms with E-state index in [2.05, 4.69) is 22.3 Å². The zero-order valence-corrected chi connectivity index (χ0v) is 16.0. The molecule has 0 aliphatic carbocycles. The molecule has 1 heterocycles. The number of methoxy groups -OCH3 is 1. The molecule has 3 rings (SSSR count). The van der Waals surface area contributed by atoms with E-state index in [1.165, 1.54) is 12.7 Å². The maximum Gasteiger partial charge on any atom is 0.227 e. The van der Waals surface area contributed by atoms with E-state index in [0.717, 1.165) is 13.1 Å². The van der Waals surface area contributed by atoms with Gasteiger partial charge < -0.3 is 20.5 Å². The fourth-order valence-electron chi connectivity index (χ4n) is 3.13. The summed E-state index contributed by atoms with van der Waals surface area (Å²) < 4.78 is 11.0. The van der Waals surface area contributed by atoms with Crippen molar-refractivity contribution in [1.29, 1.82) is 0 Å². The Morgan fingerprint density at radius 1 is 1.37 bits per heavy atom. The summed E-state index contributed by atoms with van der Waals surface area (Å²) in [7, 11) is 1.52. The molecule has 0 spiro atoms. The van der Waals surface area contributed by atoms with Gasteiger partial charge in [-0.15, -0.1) is 0 Å². The van der Waals surface area contributed by atoms with Crippen LogP contribution in [0.5, 0.6) is 5.75 Å². The highest BCUT2D eigenvalue weighted by Gasteiger charge is 2.23. The lowest BCUT2D eigenvalue weighted by Crippen LogP contribution is -2.43. The Morgan fingerprint density at radius 2 is 2.15 bits per heavy atom. The molecule has 6 nitrogen and oxygen atoms in total. The average molecular weight is 390 g/mol. The molecule has 0 saturated carbocycles. The monoisotopic (exact) mass is 389 g/mol. The molecule has 7 heteroatoms. The Labute approximate surface area is 164 Å². The van der Waals surface area contributed by atoms with Gasteiger partial charge in [0.25, 0.3) is 0 Å². The lowest BCUT2D eigenvalue weighted by atomic mass is 10.1. The first-order valence-corrected chi connectivity index (χ1v) is 9.23. The summed E-state index contributed by atoms with van der Waals surface area (Å²) in [5, 5.41) is 3.21. The molecule has 1 saturated heterocycles. The molecular weight excluding hydrogens is 366 g/mol. The van der Waals surface area contributed by atoms with Crippen LogP contribution in [0.4, 0.5) is 11.4 Å². The van der Waals surface area contributed by atoms with Gasteiger partial charge in [-0.05, 0) is 11.6 Å². The van der Waals surface area contributed by atoms with Gasteiger partial charge in [-0.25, -0.2) is 0 Å². The third kappa shape index (κ3) is 5.35. The summed E-state index contributed by atoms with van der Waals surface area (Å²) in [5.74, 6) is 0.321. The van der Waals surface area contributed by atoms with Crippen LogP contribution in [0.2, 0.25) is 5.02 Å². The van der Waals surface area contributed by atoms with Crippen molar-refractivity contribution in [3.05, 3.63) is 53.1 Å². The third-order valence-electron chi connectivity index (χ3n) is 4.48. The number of nitrogen functional groups attached to an aromatic ring is 1. The first-order chi connectivity index (χ1) is 13.0. The van der Waals surface area contributed by atoms with E-state index < -0.39 is 0 Å². The summed E-state index contributed by atoms with van der Waals surface area (Å²) in [5.41, 5.74) is 7.93.